The molecule has 1 aromatic heterocycles. The molecule has 1 atom stereocenters. The number of furan rings is 1. The van der Waals surface area contributed by atoms with Crippen molar-refractivity contribution in [1.82, 2.24) is 5.32 Å². The highest BCUT2D eigenvalue weighted by Gasteiger charge is 2.27. The summed E-state index contributed by atoms with van der Waals surface area (Å²) in [6, 6.07) is 0. The third kappa shape index (κ3) is 1.51. The van der Waals surface area contributed by atoms with E-state index in [-0.39, 0.29) is 0 Å². The molecule has 1 unspecified atom stereocenters. The fourth-order valence-corrected chi connectivity index (χ4v) is 3.16. The molecule has 2 nitrogen and oxygen atoms in total. The van der Waals surface area contributed by atoms with E-state index in [2.05, 4.69) is 12.2 Å². The molecule has 0 bridgehead atoms. The molecule has 1 saturated heterocycles. The van der Waals surface area contributed by atoms with Crippen LogP contribution in [0, 0.1) is 6.92 Å². The largest absolute Gasteiger partial charge is 0.466 e. The first-order chi connectivity index (χ1) is 7.36. The fourth-order valence-electron chi connectivity index (χ4n) is 3.16. The second-order valence-electron chi connectivity index (χ2n) is 4.87. The molecule has 2 heterocycles. The maximum Gasteiger partial charge on any atom is 0.107 e. The van der Waals surface area contributed by atoms with Gasteiger partial charge < -0.3 is 9.73 Å². The van der Waals surface area contributed by atoms with Gasteiger partial charge in [-0.25, -0.2) is 0 Å². The monoisotopic (exact) mass is 205 g/mol. The Labute approximate surface area is 91.0 Å². The summed E-state index contributed by atoms with van der Waals surface area (Å²) >= 11 is 0. The quantitative estimate of drug-likeness (QED) is 0.762. The van der Waals surface area contributed by atoms with Gasteiger partial charge in [-0.3, -0.25) is 0 Å². The van der Waals surface area contributed by atoms with Gasteiger partial charge in [-0.2, -0.15) is 0 Å². The molecule has 82 valence electrons. The number of rotatable bonds is 1. The zero-order chi connectivity index (χ0) is 10.3. The van der Waals surface area contributed by atoms with Crippen molar-refractivity contribution in [2.45, 2.75) is 44.9 Å². The molecule has 15 heavy (non-hydrogen) atoms. The summed E-state index contributed by atoms with van der Waals surface area (Å²) in [6.07, 6.45) is 6.35. The molecule has 0 radical (unpaired) electrons. The predicted octanol–water partition coefficient (Wildman–Crippen LogP) is 2.54. The molecule has 1 aliphatic heterocycles. The number of nitrogens with one attached hydrogen (secondary N) is 1. The van der Waals surface area contributed by atoms with E-state index < -0.39 is 0 Å². The SMILES string of the molecule is Cc1oc2c(c1C1CCNC1)CCCC2. The van der Waals surface area contributed by atoms with Crippen molar-refractivity contribution >= 4 is 0 Å². The van der Waals surface area contributed by atoms with E-state index in [0.29, 0.717) is 0 Å². The Kier molecular flexibility index (Phi) is 2.32. The Morgan fingerprint density at radius 2 is 2.13 bits per heavy atom. The summed E-state index contributed by atoms with van der Waals surface area (Å²) in [5.41, 5.74) is 3.11. The van der Waals surface area contributed by atoms with Crippen molar-refractivity contribution in [3.63, 3.8) is 0 Å². The molecule has 0 aromatic carbocycles. The van der Waals surface area contributed by atoms with Gasteiger partial charge in [-0.1, -0.05) is 0 Å². The second-order valence-corrected chi connectivity index (χ2v) is 4.87. The van der Waals surface area contributed by atoms with Crippen LogP contribution in [0.2, 0.25) is 0 Å². The van der Waals surface area contributed by atoms with Gasteiger partial charge in [0.15, 0.2) is 0 Å². The molecule has 0 saturated carbocycles. The lowest BCUT2D eigenvalue weighted by Gasteiger charge is -2.14. The Bertz CT molecular complexity index is 361. The maximum absolute atomic E-state index is 5.92. The molecular formula is C13H19NO. The fraction of sp³-hybridized carbons (Fsp3) is 0.692. The van der Waals surface area contributed by atoms with E-state index in [9.17, 15) is 0 Å². The molecule has 1 aromatic rings. The third-order valence-electron chi connectivity index (χ3n) is 3.87. The van der Waals surface area contributed by atoms with E-state index in [1.54, 1.807) is 11.1 Å². The minimum Gasteiger partial charge on any atom is -0.466 e. The first-order valence-corrected chi connectivity index (χ1v) is 6.18. The molecule has 2 aliphatic rings. The van der Waals surface area contributed by atoms with Crippen LogP contribution < -0.4 is 5.32 Å². The maximum atomic E-state index is 5.92. The van der Waals surface area contributed by atoms with E-state index in [1.807, 2.05) is 0 Å². The van der Waals surface area contributed by atoms with Crippen LogP contribution >= 0.6 is 0 Å². The molecule has 3 rings (SSSR count). The third-order valence-corrected chi connectivity index (χ3v) is 3.87. The molecule has 0 amide bonds. The van der Waals surface area contributed by atoms with Gasteiger partial charge in [-0.05, 0) is 44.7 Å². The van der Waals surface area contributed by atoms with Gasteiger partial charge in [0, 0.05) is 24.4 Å². The lowest BCUT2D eigenvalue weighted by Crippen LogP contribution is -2.10. The first-order valence-electron chi connectivity index (χ1n) is 6.18. The predicted molar refractivity (Wildman–Crippen MR) is 60.3 cm³/mol. The lowest BCUT2D eigenvalue weighted by molar-refractivity contribution is 0.456. The minimum absolute atomic E-state index is 0.718. The number of aryl methyl sites for hydroxylation is 2. The van der Waals surface area contributed by atoms with E-state index in [4.69, 9.17) is 4.42 Å². The zero-order valence-electron chi connectivity index (χ0n) is 9.44. The van der Waals surface area contributed by atoms with Crippen LogP contribution in [0.5, 0.6) is 0 Å². The molecule has 1 fully saturated rings. The number of hydrogen-bond acceptors (Lipinski definition) is 2. The van der Waals surface area contributed by atoms with Crippen LogP contribution in [0.1, 0.15) is 47.8 Å². The Morgan fingerprint density at radius 3 is 2.93 bits per heavy atom. The van der Waals surface area contributed by atoms with Gasteiger partial charge in [-0.15, -0.1) is 0 Å². The summed E-state index contributed by atoms with van der Waals surface area (Å²) < 4.78 is 5.92. The highest BCUT2D eigenvalue weighted by Crippen LogP contribution is 2.36. The zero-order valence-corrected chi connectivity index (χ0v) is 9.44. The Morgan fingerprint density at radius 1 is 1.27 bits per heavy atom. The highest BCUT2D eigenvalue weighted by atomic mass is 16.3. The average molecular weight is 205 g/mol. The van der Waals surface area contributed by atoms with Gasteiger partial charge in [0.05, 0.1) is 0 Å². The van der Waals surface area contributed by atoms with Crippen molar-refractivity contribution in [3.05, 3.63) is 22.6 Å². The van der Waals surface area contributed by atoms with Crippen molar-refractivity contribution in [2.75, 3.05) is 13.1 Å². The normalized spacial score (nSPS) is 25.5. The molecule has 2 heteroatoms. The Balaban J connectivity index is 2.01. The van der Waals surface area contributed by atoms with Gasteiger partial charge >= 0.3 is 0 Å². The standard InChI is InChI=1S/C13H19NO/c1-9-13(10-6-7-14-8-10)11-4-2-3-5-12(11)15-9/h10,14H,2-8H2,1H3. The molecule has 0 spiro atoms. The van der Waals surface area contributed by atoms with Gasteiger partial charge in [0.25, 0.3) is 0 Å². The minimum atomic E-state index is 0.718. The van der Waals surface area contributed by atoms with Crippen molar-refractivity contribution < 1.29 is 4.42 Å². The van der Waals surface area contributed by atoms with E-state index >= 15 is 0 Å². The molecule has 1 aliphatic carbocycles. The lowest BCUT2D eigenvalue weighted by atomic mass is 9.88. The first kappa shape index (κ1) is 9.46. The summed E-state index contributed by atoms with van der Waals surface area (Å²) in [5.74, 6) is 3.20. The summed E-state index contributed by atoms with van der Waals surface area (Å²) in [7, 11) is 0. The average Bonchev–Trinajstić information content (AvgIpc) is 2.82. The summed E-state index contributed by atoms with van der Waals surface area (Å²) in [4.78, 5) is 0. The second kappa shape index (κ2) is 3.67. The van der Waals surface area contributed by atoms with Crippen LogP contribution in [0.15, 0.2) is 4.42 Å². The van der Waals surface area contributed by atoms with E-state index in [0.717, 1.165) is 18.9 Å². The smallest absolute Gasteiger partial charge is 0.107 e. The van der Waals surface area contributed by atoms with Crippen LogP contribution in [-0.4, -0.2) is 13.1 Å². The van der Waals surface area contributed by atoms with Crippen molar-refractivity contribution in [2.24, 2.45) is 0 Å². The van der Waals surface area contributed by atoms with Crippen LogP contribution in [0.3, 0.4) is 0 Å². The van der Waals surface area contributed by atoms with Crippen LogP contribution in [0.4, 0.5) is 0 Å². The summed E-state index contributed by atoms with van der Waals surface area (Å²) in [5, 5.41) is 3.45. The van der Waals surface area contributed by atoms with Crippen LogP contribution in [0.25, 0.3) is 0 Å². The number of hydrogen-bond donors (Lipinski definition) is 1. The van der Waals surface area contributed by atoms with Crippen molar-refractivity contribution in [3.8, 4) is 0 Å². The number of fused-ring (bicyclic) bond motifs is 1. The van der Waals surface area contributed by atoms with E-state index in [1.165, 1.54) is 43.7 Å². The van der Waals surface area contributed by atoms with Gasteiger partial charge in [0.2, 0.25) is 0 Å². The Hall–Kier alpha value is -0.760. The summed E-state index contributed by atoms with van der Waals surface area (Å²) in [6.45, 7) is 4.46. The van der Waals surface area contributed by atoms with Crippen LogP contribution in [-0.2, 0) is 12.8 Å². The van der Waals surface area contributed by atoms with Crippen molar-refractivity contribution in [1.29, 1.82) is 0 Å². The molecule has 1 N–H and O–H groups in total. The molecular weight excluding hydrogens is 186 g/mol. The highest BCUT2D eigenvalue weighted by molar-refractivity contribution is 5.38. The van der Waals surface area contributed by atoms with Gasteiger partial charge in [0.1, 0.15) is 11.5 Å². The topological polar surface area (TPSA) is 25.2 Å².